The van der Waals surface area contributed by atoms with E-state index >= 15 is 0 Å². The van der Waals surface area contributed by atoms with Crippen LogP contribution in [0.3, 0.4) is 0 Å². The van der Waals surface area contributed by atoms with Gasteiger partial charge in [0.1, 0.15) is 16.6 Å². The monoisotopic (exact) mass is 246 g/mol. The first kappa shape index (κ1) is 13.0. The molecule has 0 saturated carbocycles. The van der Waals surface area contributed by atoms with E-state index in [4.69, 9.17) is 19.9 Å². The second-order valence-electron chi connectivity index (χ2n) is 3.03. The van der Waals surface area contributed by atoms with E-state index in [1.165, 1.54) is 19.2 Å². The molecule has 0 spiro atoms. The third kappa shape index (κ3) is 2.53. The third-order valence-electron chi connectivity index (χ3n) is 1.99. The molecule has 1 aromatic rings. The molecule has 1 rings (SSSR count). The molecule has 3 N–H and O–H groups in total. The first-order valence-electron chi connectivity index (χ1n) is 4.30. The summed E-state index contributed by atoms with van der Waals surface area (Å²) in [6.45, 7) is 0. The lowest BCUT2D eigenvalue weighted by Gasteiger charge is -2.09. The lowest BCUT2D eigenvalue weighted by molar-refractivity contribution is 0.356. The Morgan fingerprint density at radius 2 is 2.00 bits per heavy atom. The summed E-state index contributed by atoms with van der Waals surface area (Å²) in [6, 6.07) is 3.66. The van der Waals surface area contributed by atoms with Gasteiger partial charge in [0, 0.05) is 0 Å². The molecule has 0 bridgehead atoms. The largest absolute Gasteiger partial charge is 0.495 e. The van der Waals surface area contributed by atoms with Crippen LogP contribution in [0.1, 0.15) is 0 Å². The van der Waals surface area contributed by atoms with Gasteiger partial charge in [0.25, 0.3) is 0 Å². The molecule has 0 aromatic heterocycles. The summed E-state index contributed by atoms with van der Waals surface area (Å²) < 4.78 is 27.7. The molecule has 6 nitrogen and oxygen atoms in total. The maximum atomic E-state index is 11.5. The van der Waals surface area contributed by atoms with Crippen molar-refractivity contribution in [2.24, 2.45) is 0 Å². The second-order valence-corrected chi connectivity index (χ2v) is 4.96. The van der Waals surface area contributed by atoms with Gasteiger partial charge in [0.05, 0.1) is 7.11 Å². The van der Waals surface area contributed by atoms with Crippen LogP contribution in [0.25, 0.3) is 0 Å². The molecule has 0 aliphatic carbocycles. The van der Waals surface area contributed by atoms with Gasteiger partial charge in [-0.1, -0.05) is 6.07 Å². The molecule has 0 aliphatic rings. The highest BCUT2D eigenvalue weighted by molar-refractivity contribution is 7.91. The second kappa shape index (κ2) is 4.83. The van der Waals surface area contributed by atoms with E-state index in [0.29, 0.717) is 0 Å². The molecular weight excluding hydrogens is 235 g/mol. The number of rotatable bonds is 4. The van der Waals surface area contributed by atoms with Crippen LogP contribution in [0.2, 0.25) is 0 Å². The van der Waals surface area contributed by atoms with Crippen molar-refractivity contribution in [1.82, 2.24) is 0 Å². The normalized spacial score (nSPS) is 11.2. The van der Waals surface area contributed by atoms with Gasteiger partial charge in [-0.25, -0.2) is 8.42 Å². The topological polar surface area (TPSA) is 104 Å². The quantitative estimate of drug-likeness (QED) is 0.536. The predicted molar refractivity (Wildman–Crippen MR) is 57.1 cm³/mol. The third-order valence-corrected chi connectivity index (χ3v) is 3.32. The van der Waals surface area contributed by atoms with Gasteiger partial charge in [0.15, 0.2) is 0 Å². The van der Waals surface area contributed by atoms with Crippen molar-refractivity contribution in [3.63, 3.8) is 0 Å². The van der Waals surface area contributed by atoms with Crippen molar-refractivity contribution in [2.45, 2.75) is 4.90 Å². The summed E-state index contributed by atoms with van der Waals surface area (Å²) >= 11 is 0. The van der Waals surface area contributed by atoms with Crippen LogP contribution in [-0.4, -0.2) is 43.7 Å². The first-order chi connectivity index (χ1) is 7.42. The van der Waals surface area contributed by atoms with Crippen LogP contribution in [0.15, 0.2) is 23.1 Å². The maximum absolute atomic E-state index is 11.5. The minimum atomic E-state index is -3.89. The van der Waals surface area contributed by atoms with Crippen molar-refractivity contribution in [1.29, 1.82) is 0 Å². The Kier molecular flexibility index (Phi) is 3.92. The number of ether oxygens (including phenoxy) is 1. The van der Waals surface area contributed by atoms with E-state index in [-0.39, 0.29) is 16.1 Å². The van der Waals surface area contributed by atoms with E-state index in [0.717, 1.165) is 6.07 Å². The van der Waals surface area contributed by atoms with Crippen LogP contribution in [0.5, 0.6) is 5.75 Å². The molecule has 0 heterocycles. The maximum Gasteiger partial charge on any atom is 0.488 e. The summed E-state index contributed by atoms with van der Waals surface area (Å²) in [4.78, 5) is -0.275. The molecule has 0 unspecified atom stereocenters. The smallest absolute Gasteiger partial charge is 0.488 e. The number of aliphatic hydroxyl groups excluding tert-OH is 1. The lowest BCUT2D eigenvalue weighted by atomic mass is 9.80. The molecule has 0 fully saturated rings. The van der Waals surface area contributed by atoms with E-state index in [1.807, 2.05) is 0 Å². The van der Waals surface area contributed by atoms with Gasteiger partial charge in [-0.15, -0.1) is 0 Å². The van der Waals surface area contributed by atoms with Gasteiger partial charge in [-0.3, -0.25) is 0 Å². The number of hydrogen-bond acceptors (Lipinski definition) is 6. The van der Waals surface area contributed by atoms with Crippen LogP contribution in [-0.2, 0) is 9.84 Å². The SMILES string of the molecule is COc1ccc(B(O)O)cc1S(=O)(=O)CO. The Morgan fingerprint density at radius 3 is 2.44 bits per heavy atom. The van der Waals surface area contributed by atoms with Crippen LogP contribution in [0.4, 0.5) is 0 Å². The van der Waals surface area contributed by atoms with E-state index in [9.17, 15) is 8.42 Å². The molecule has 0 radical (unpaired) electrons. The number of methoxy groups -OCH3 is 1. The van der Waals surface area contributed by atoms with Crippen molar-refractivity contribution in [3.8, 4) is 5.75 Å². The highest BCUT2D eigenvalue weighted by Crippen LogP contribution is 2.22. The Balaban J connectivity index is 3.39. The fraction of sp³-hybridized carbons (Fsp3) is 0.250. The molecule has 1 aromatic carbocycles. The molecule has 0 atom stereocenters. The van der Waals surface area contributed by atoms with Gasteiger partial charge in [0.2, 0.25) is 9.84 Å². The predicted octanol–water partition coefficient (Wildman–Crippen LogP) is -1.90. The number of sulfone groups is 1. The van der Waals surface area contributed by atoms with Crippen molar-refractivity contribution < 1.29 is 28.3 Å². The molecule has 88 valence electrons. The van der Waals surface area contributed by atoms with Crippen molar-refractivity contribution in [2.75, 3.05) is 13.0 Å². The molecule has 0 saturated heterocycles. The number of benzene rings is 1. The van der Waals surface area contributed by atoms with Crippen LogP contribution in [0, 0.1) is 0 Å². The van der Waals surface area contributed by atoms with Crippen LogP contribution >= 0.6 is 0 Å². The van der Waals surface area contributed by atoms with Gasteiger partial charge >= 0.3 is 7.12 Å². The lowest BCUT2D eigenvalue weighted by Crippen LogP contribution is -2.30. The van der Waals surface area contributed by atoms with Gasteiger partial charge < -0.3 is 19.9 Å². The highest BCUT2D eigenvalue weighted by Gasteiger charge is 2.22. The zero-order chi connectivity index (χ0) is 12.3. The Morgan fingerprint density at radius 1 is 1.38 bits per heavy atom. The van der Waals surface area contributed by atoms with Gasteiger partial charge in [-0.05, 0) is 17.6 Å². The first-order valence-corrected chi connectivity index (χ1v) is 5.95. The average molecular weight is 246 g/mol. The van der Waals surface area contributed by atoms with Crippen molar-refractivity contribution >= 4 is 22.4 Å². The fourth-order valence-electron chi connectivity index (χ4n) is 1.17. The Bertz CT molecular complexity index is 469. The zero-order valence-corrected chi connectivity index (χ0v) is 9.31. The number of hydrogen-bond donors (Lipinski definition) is 3. The summed E-state index contributed by atoms with van der Waals surface area (Å²) in [5.74, 6) is -1.03. The average Bonchev–Trinajstić information content (AvgIpc) is 2.28. The summed E-state index contributed by atoms with van der Waals surface area (Å²) in [5, 5.41) is 26.5. The van der Waals surface area contributed by atoms with E-state index < -0.39 is 22.9 Å². The molecule has 0 amide bonds. The number of aliphatic hydroxyl groups is 1. The Labute approximate surface area is 93.2 Å². The summed E-state index contributed by atoms with van der Waals surface area (Å²) in [7, 11) is -4.39. The minimum Gasteiger partial charge on any atom is -0.495 e. The standard InChI is InChI=1S/C8H11BO6S/c1-15-7-3-2-6(9(11)12)4-8(7)16(13,14)5-10/h2-4,10-12H,5H2,1H3. The molecule has 8 heteroatoms. The highest BCUT2D eigenvalue weighted by atomic mass is 32.2. The molecule has 0 aliphatic heterocycles. The van der Waals surface area contributed by atoms with Crippen molar-refractivity contribution in [3.05, 3.63) is 18.2 Å². The van der Waals surface area contributed by atoms with E-state index in [1.54, 1.807) is 0 Å². The zero-order valence-electron chi connectivity index (χ0n) is 8.49. The minimum absolute atomic E-state index is 0.00725. The van der Waals surface area contributed by atoms with E-state index in [2.05, 4.69) is 0 Å². The molecule has 16 heavy (non-hydrogen) atoms. The summed E-state index contributed by atoms with van der Waals surface area (Å²) in [6.07, 6.45) is 0. The van der Waals surface area contributed by atoms with Crippen LogP contribution < -0.4 is 10.2 Å². The fourth-order valence-corrected chi connectivity index (χ4v) is 2.08. The van der Waals surface area contributed by atoms with Gasteiger partial charge in [-0.2, -0.15) is 0 Å². The molecular formula is C8H11BO6S. The Hall–Kier alpha value is -1.09. The summed E-state index contributed by atoms with van der Waals surface area (Å²) in [5.41, 5.74) is 0.00725.